The van der Waals surface area contributed by atoms with Gasteiger partial charge in [0.25, 0.3) is 0 Å². The first-order valence-corrected chi connectivity index (χ1v) is 12.7. The summed E-state index contributed by atoms with van der Waals surface area (Å²) in [7, 11) is 0. The van der Waals surface area contributed by atoms with Gasteiger partial charge in [-0.2, -0.15) is 0 Å². The van der Waals surface area contributed by atoms with Gasteiger partial charge in [-0.1, -0.05) is 112 Å². The minimum atomic E-state index is 0.870. The molecule has 3 aromatic carbocycles. The second-order valence-corrected chi connectivity index (χ2v) is 9.14. The third-order valence-corrected chi connectivity index (χ3v) is 6.31. The van der Waals surface area contributed by atoms with Gasteiger partial charge in [-0.25, -0.2) is 4.98 Å². The molecule has 0 atom stereocenters. The van der Waals surface area contributed by atoms with Gasteiger partial charge < -0.3 is 4.57 Å². The van der Waals surface area contributed by atoms with Gasteiger partial charge in [-0.3, -0.25) is 4.90 Å². The molecular formula is C31H37N3. The highest BCUT2D eigenvalue weighted by Crippen LogP contribution is 2.23. The number of benzene rings is 3. The molecule has 4 rings (SSSR count). The number of rotatable bonds is 12. The van der Waals surface area contributed by atoms with Crippen LogP contribution >= 0.6 is 0 Å². The zero-order chi connectivity index (χ0) is 23.6. The third-order valence-electron chi connectivity index (χ3n) is 6.31. The van der Waals surface area contributed by atoms with E-state index in [1.165, 1.54) is 40.8 Å². The minimum Gasteiger partial charge on any atom is -0.327 e. The molecule has 4 aromatic rings. The van der Waals surface area contributed by atoms with E-state index in [1.54, 1.807) is 0 Å². The zero-order valence-electron chi connectivity index (χ0n) is 20.7. The van der Waals surface area contributed by atoms with Crippen LogP contribution in [0.5, 0.6) is 0 Å². The quantitative estimate of drug-likeness (QED) is 0.222. The lowest BCUT2D eigenvalue weighted by Gasteiger charge is -2.24. The Morgan fingerprint density at radius 2 is 1.29 bits per heavy atom. The highest BCUT2D eigenvalue weighted by atomic mass is 15.2. The SMILES string of the molecule is CCCCn1c(CN(Cc2ccccc2)Cc2ccc(CCC)cc2)cnc1-c1ccccc1. The molecule has 0 spiro atoms. The molecule has 0 bridgehead atoms. The molecule has 0 saturated heterocycles. The molecular weight excluding hydrogens is 414 g/mol. The van der Waals surface area contributed by atoms with Crippen LogP contribution in [0.15, 0.2) is 91.1 Å². The molecule has 1 aromatic heterocycles. The van der Waals surface area contributed by atoms with Crippen LogP contribution in [0.25, 0.3) is 11.4 Å². The van der Waals surface area contributed by atoms with Gasteiger partial charge in [0.2, 0.25) is 0 Å². The molecule has 0 saturated carbocycles. The van der Waals surface area contributed by atoms with Crippen molar-refractivity contribution in [2.75, 3.05) is 0 Å². The normalized spacial score (nSPS) is 11.3. The third kappa shape index (κ3) is 6.45. The van der Waals surface area contributed by atoms with Crippen molar-refractivity contribution in [3.8, 4) is 11.4 Å². The van der Waals surface area contributed by atoms with Crippen LogP contribution in [0.3, 0.4) is 0 Å². The van der Waals surface area contributed by atoms with Crippen molar-refractivity contribution in [1.29, 1.82) is 0 Å². The fourth-order valence-corrected chi connectivity index (χ4v) is 4.52. The second-order valence-electron chi connectivity index (χ2n) is 9.14. The summed E-state index contributed by atoms with van der Waals surface area (Å²) in [6.07, 6.45) is 6.74. The van der Waals surface area contributed by atoms with Crippen molar-refractivity contribution in [3.05, 3.63) is 114 Å². The van der Waals surface area contributed by atoms with Gasteiger partial charge >= 0.3 is 0 Å². The van der Waals surface area contributed by atoms with E-state index in [4.69, 9.17) is 4.98 Å². The Morgan fingerprint density at radius 1 is 0.676 bits per heavy atom. The molecule has 0 radical (unpaired) electrons. The predicted molar refractivity (Wildman–Crippen MR) is 142 cm³/mol. The van der Waals surface area contributed by atoms with Crippen LogP contribution in [-0.2, 0) is 32.6 Å². The second kappa shape index (κ2) is 12.3. The van der Waals surface area contributed by atoms with E-state index in [-0.39, 0.29) is 0 Å². The molecule has 0 amide bonds. The summed E-state index contributed by atoms with van der Waals surface area (Å²) in [5, 5.41) is 0. The lowest BCUT2D eigenvalue weighted by atomic mass is 10.1. The first-order chi connectivity index (χ1) is 16.8. The highest BCUT2D eigenvalue weighted by molar-refractivity contribution is 5.55. The van der Waals surface area contributed by atoms with Crippen molar-refractivity contribution in [1.82, 2.24) is 14.5 Å². The predicted octanol–water partition coefficient (Wildman–Crippen LogP) is 7.51. The smallest absolute Gasteiger partial charge is 0.140 e. The van der Waals surface area contributed by atoms with E-state index in [0.29, 0.717) is 0 Å². The maximum atomic E-state index is 4.87. The molecule has 0 N–H and O–H groups in total. The van der Waals surface area contributed by atoms with Crippen molar-refractivity contribution in [2.24, 2.45) is 0 Å². The van der Waals surface area contributed by atoms with E-state index >= 15 is 0 Å². The average Bonchev–Trinajstić information content (AvgIpc) is 3.27. The van der Waals surface area contributed by atoms with Crippen LogP contribution in [0, 0.1) is 0 Å². The molecule has 0 unspecified atom stereocenters. The number of unbranched alkanes of at least 4 members (excludes halogenated alkanes) is 1. The fourth-order valence-electron chi connectivity index (χ4n) is 4.52. The van der Waals surface area contributed by atoms with Crippen molar-refractivity contribution in [2.45, 2.75) is 65.7 Å². The average molecular weight is 452 g/mol. The Kier molecular flexibility index (Phi) is 8.70. The van der Waals surface area contributed by atoms with Gasteiger partial charge in [0.15, 0.2) is 0 Å². The van der Waals surface area contributed by atoms with Crippen LogP contribution in [0.1, 0.15) is 55.5 Å². The monoisotopic (exact) mass is 451 g/mol. The molecule has 0 aliphatic rings. The Bertz CT molecular complexity index is 1110. The minimum absolute atomic E-state index is 0.870. The lowest BCUT2D eigenvalue weighted by Crippen LogP contribution is -2.24. The number of hydrogen-bond acceptors (Lipinski definition) is 2. The van der Waals surface area contributed by atoms with Crippen molar-refractivity contribution >= 4 is 0 Å². The van der Waals surface area contributed by atoms with Crippen molar-refractivity contribution in [3.63, 3.8) is 0 Å². The maximum Gasteiger partial charge on any atom is 0.140 e. The Labute approximate surface area is 205 Å². The molecule has 0 aliphatic heterocycles. The van der Waals surface area contributed by atoms with E-state index in [1.807, 2.05) is 0 Å². The molecule has 0 aliphatic carbocycles. The first-order valence-electron chi connectivity index (χ1n) is 12.7. The van der Waals surface area contributed by atoms with Gasteiger partial charge in [-0.15, -0.1) is 0 Å². The number of aryl methyl sites for hydroxylation is 1. The Hall–Kier alpha value is -3.17. The number of nitrogens with zero attached hydrogens (tertiary/aromatic N) is 3. The molecule has 1 heterocycles. The van der Waals surface area contributed by atoms with Gasteiger partial charge in [0.1, 0.15) is 5.82 Å². The molecule has 176 valence electrons. The molecule has 3 heteroatoms. The Balaban J connectivity index is 1.60. The number of imidazole rings is 1. The van der Waals surface area contributed by atoms with E-state index in [9.17, 15) is 0 Å². The zero-order valence-corrected chi connectivity index (χ0v) is 20.7. The maximum absolute atomic E-state index is 4.87. The van der Waals surface area contributed by atoms with E-state index in [0.717, 1.165) is 44.8 Å². The van der Waals surface area contributed by atoms with E-state index < -0.39 is 0 Å². The van der Waals surface area contributed by atoms with Gasteiger partial charge in [-0.05, 0) is 29.5 Å². The standard InChI is InChI=1S/C31H37N3/c1-3-5-21-34-30(22-32-31(34)29-15-10-7-11-16-29)25-33(23-27-13-8-6-9-14-27)24-28-19-17-26(12-4-2)18-20-28/h6-11,13-20,22H,3-5,12,21,23-25H2,1-2H3. The summed E-state index contributed by atoms with van der Waals surface area (Å²) >= 11 is 0. The lowest BCUT2D eigenvalue weighted by molar-refractivity contribution is 0.241. The number of aromatic nitrogens is 2. The number of hydrogen-bond donors (Lipinski definition) is 0. The molecule has 3 nitrogen and oxygen atoms in total. The van der Waals surface area contributed by atoms with Crippen LogP contribution < -0.4 is 0 Å². The summed E-state index contributed by atoms with van der Waals surface area (Å²) in [5.74, 6) is 1.08. The molecule has 34 heavy (non-hydrogen) atoms. The topological polar surface area (TPSA) is 21.1 Å². The highest BCUT2D eigenvalue weighted by Gasteiger charge is 2.16. The Morgan fingerprint density at radius 3 is 1.94 bits per heavy atom. The summed E-state index contributed by atoms with van der Waals surface area (Å²) in [6, 6.07) is 30.6. The first kappa shape index (κ1) is 24.0. The van der Waals surface area contributed by atoms with Crippen LogP contribution in [0.4, 0.5) is 0 Å². The summed E-state index contributed by atoms with van der Waals surface area (Å²) in [5.41, 5.74) is 6.59. The largest absolute Gasteiger partial charge is 0.327 e. The summed E-state index contributed by atoms with van der Waals surface area (Å²) in [6.45, 7) is 8.19. The fraction of sp³-hybridized carbons (Fsp3) is 0.323. The summed E-state index contributed by atoms with van der Waals surface area (Å²) in [4.78, 5) is 7.41. The van der Waals surface area contributed by atoms with Crippen LogP contribution in [-0.4, -0.2) is 14.5 Å². The van der Waals surface area contributed by atoms with Gasteiger partial charge in [0.05, 0.1) is 11.9 Å². The van der Waals surface area contributed by atoms with Crippen molar-refractivity contribution < 1.29 is 0 Å². The van der Waals surface area contributed by atoms with E-state index in [2.05, 4.69) is 114 Å². The molecule has 0 fully saturated rings. The summed E-state index contributed by atoms with van der Waals surface area (Å²) < 4.78 is 2.43. The van der Waals surface area contributed by atoms with Gasteiger partial charge in [0, 0.05) is 31.7 Å². The van der Waals surface area contributed by atoms with Crippen LogP contribution in [0.2, 0.25) is 0 Å².